The zero-order valence-electron chi connectivity index (χ0n) is 18.4. The lowest BCUT2D eigenvalue weighted by molar-refractivity contribution is -0.118. The van der Waals surface area contributed by atoms with Crippen LogP contribution in [0.5, 0.6) is 0 Å². The first-order valence-electron chi connectivity index (χ1n) is 10.4. The summed E-state index contributed by atoms with van der Waals surface area (Å²) in [7, 11) is 1.77. The number of aryl methyl sites for hydroxylation is 3. The Hall–Kier alpha value is -3.34. The summed E-state index contributed by atoms with van der Waals surface area (Å²) in [4.78, 5) is 30.0. The zero-order valence-corrected chi connectivity index (χ0v) is 18.4. The number of carbonyl (C=O) groups is 2. The molecule has 0 bridgehead atoms. The number of Topliss-reactive ketones (excluding diaryl/α,β-unsaturated/α-hetero) is 1. The molecule has 0 aliphatic carbocycles. The first kappa shape index (κ1) is 22.3. The van der Waals surface area contributed by atoms with Crippen molar-refractivity contribution in [3.63, 3.8) is 0 Å². The highest BCUT2D eigenvalue weighted by atomic mass is 19.1. The SMILES string of the molecule is CCC(=O)N(C)c1ccc(-c2ccc(C(=O)CCc3ccc(F)nc3C)cc2C)cc1. The number of ketones is 1. The van der Waals surface area contributed by atoms with Crippen LogP contribution in [0.1, 0.15) is 46.9 Å². The molecule has 1 amide bonds. The van der Waals surface area contributed by atoms with Gasteiger partial charge in [-0.25, -0.2) is 4.98 Å². The molecule has 0 aliphatic rings. The summed E-state index contributed by atoms with van der Waals surface area (Å²) in [5, 5.41) is 0. The van der Waals surface area contributed by atoms with E-state index in [1.807, 2.05) is 56.3 Å². The monoisotopic (exact) mass is 418 g/mol. The Balaban J connectivity index is 1.72. The average molecular weight is 419 g/mol. The number of hydrogen-bond acceptors (Lipinski definition) is 3. The summed E-state index contributed by atoms with van der Waals surface area (Å²) in [5.74, 6) is -0.387. The number of aromatic nitrogens is 1. The van der Waals surface area contributed by atoms with E-state index in [2.05, 4.69) is 4.98 Å². The highest BCUT2D eigenvalue weighted by Crippen LogP contribution is 2.27. The van der Waals surface area contributed by atoms with Gasteiger partial charge in [0.05, 0.1) is 0 Å². The van der Waals surface area contributed by atoms with Crippen LogP contribution in [0.4, 0.5) is 10.1 Å². The third-order valence-electron chi connectivity index (χ3n) is 5.57. The largest absolute Gasteiger partial charge is 0.316 e. The fourth-order valence-electron chi connectivity index (χ4n) is 3.62. The molecule has 160 valence electrons. The van der Waals surface area contributed by atoms with Gasteiger partial charge in [-0.3, -0.25) is 9.59 Å². The number of rotatable bonds is 7. The van der Waals surface area contributed by atoms with Gasteiger partial charge in [0.1, 0.15) is 0 Å². The molecule has 1 aromatic heterocycles. The Morgan fingerprint density at radius 1 is 1.00 bits per heavy atom. The highest BCUT2D eigenvalue weighted by Gasteiger charge is 2.12. The third-order valence-corrected chi connectivity index (χ3v) is 5.57. The summed E-state index contributed by atoms with van der Waals surface area (Å²) in [5.41, 5.74) is 6.11. The van der Waals surface area contributed by atoms with Crippen LogP contribution >= 0.6 is 0 Å². The Kier molecular flexibility index (Phi) is 6.95. The van der Waals surface area contributed by atoms with Gasteiger partial charge < -0.3 is 4.90 Å². The third kappa shape index (κ3) is 5.23. The van der Waals surface area contributed by atoms with E-state index >= 15 is 0 Å². The summed E-state index contributed by atoms with van der Waals surface area (Å²) >= 11 is 0. The molecule has 0 aliphatic heterocycles. The summed E-state index contributed by atoms with van der Waals surface area (Å²) in [6, 6.07) is 16.6. The quantitative estimate of drug-likeness (QED) is 0.366. The topological polar surface area (TPSA) is 50.3 Å². The molecule has 4 nitrogen and oxygen atoms in total. The fourth-order valence-corrected chi connectivity index (χ4v) is 3.62. The van der Waals surface area contributed by atoms with E-state index in [1.54, 1.807) is 24.9 Å². The van der Waals surface area contributed by atoms with E-state index in [0.717, 1.165) is 27.9 Å². The molecule has 2 aromatic carbocycles. The van der Waals surface area contributed by atoms with E-state index in [1.165, 1.54) is 6.07 Å². The molecular weight excluding hydrogens is 391 g/mol. The highest BCUT2D eigenvalue weighted by molar-refractivity contribution is 5.97. The Morgan fingerprint density at radius 2 is 1.71 bits per heavy atom. The number of anilines is 1. The van der Waals surface area contributed by atoms with Crippen molar-refractivity contribution in [1.82, 2.24) is 4.98 Å². The summed E-state index contributed by atoms with van der Waals surface area (Å²) < 4.78 is 13.2. The Bertz CT molecular complexity index is 1110. The van der Waals surface area contributed by atoms with Crippen molar-refractivity contribution in [3.05, 3.63) is 82.9 Å². The fraction of sp³-hybridized carbons (Fsp3) is 0.269. The van der Waals surface area contributed by atoms with Crippen LogP contribution in [-0.4, -0.2) is 23.7 Å². The van der Waals surface area contributed by atoms with E-state index < -0.39 is 5.95 Å². The number of benzene rings is 2. The van der Waals surface area contributed by atoms with Crippen molar-refractivity contribution in [2.75, 3.05) is 11.9 Å². The van der Waals surface area contributed by atoms with Crippen LogP contribution in [0.2, 0.25) is 0 Å². The van der Waals surface area contributed by atoms with Crippen molar-refractivity contribution >= 4 is 17.4 Å². The molecule has 5 heteroatoms. The van der Waals surface area contributed by atoms with Crippen molar-refractivity contribution in [2.45, 2.75) is 40.0 Å². The van der Waals surface area contributed by atoms with Crippen LogP contribution in [0.15, 0.2) is 54.6 Å². The predicted octanol–water partition coefficient (Wildman–Crippen LogP) is 5.69. The van der Waals surface area contributed by atoms with Gasteiger partial charge in [0, 0.05) is 36.8 Å². The van der Waals surface area contributed by atoms with Crippen LogP contribution in [-0.2, 0) is 11.2 Å². The molecule has 1 heterocycles. The normalized spacial score (nSPS) is 10.7. The molecule has 0 spiro atoms. The Labute approximate surface area is 182 Å². The van der Waals surface area contributed by atoms with Gasteiger partial charge in [-0.2, -0.15) is 4.39 Å². The van der Waals surface area contributed by atoms with Gasteiger partial charge in [0.15, 0.2) is 5.78 Å². The first-order valence-corrected chi connectivity index (χ1v) is 10.4. The van der Waals surface area contributed by atoms with Gasteiger partial charge in [0.2, 0.25) is 11.9 Å². The van der Waals surface area contributed by atoms with Crippen molar-refractivity contribution < 1.29 is 14.0 Å². The van der Waals surface area contributed by atoms with E-state index in [4.69, 9.17) is 0 Å². The maximum atomic E-state index is 13.2. The minimum Gasteiger partial charge on any atom is -0.316 e. The minimum absolute atomic E-state index is 0.0495. The number of hydrogen-bond donors (Lipinski definition) is 0. The molecule has 0 radical (unpaired) electrons. The smallest absolute Gasteiger partial charge is 0.226 e. The van der Waals surface area contributed by atoms with Crippen molar-refractivity contribution in [1.29, 1.82) is 0 Å². The molecule has 0 saturated heterocycles. The lowest BCUT2D eigenvalue weighted by Gasteiger charge is -2.17. The number of carbonyl (C=O) groups excluding carboxylic acids is 2. The van der Waals surface area contributed by atoms with E-state index in [9.17, 15) is 14.0 Å². The molecule has 0 atom stereocenters. The van der Waals surface area contributed by atoms with Gasteiger partial charge in [-0.05, 0) is 66.8 Å². The van der Waals surface area contributed by atoms with Gasteiger partial charge in [-0.1, -0.05) is 37.3 Å². The van der Waals surface area contributed by atoms with Gasteiger partial charge in [-0.15, -0.1) is 0 Å². The molecule has 3 aromatic rings. The second kappa shape index (κ2) is 9.65. The van der Waals surface area contributed by atoms with Crippen LogP contribution in [0.3, 0.4) is 0 Å². The average Bonchev–Trinajstić information content (AvgIpc) is 2.77. The first-order chi connectivity index (χ1) is 14.8. The molecule has 0 unspecified atom stereocenters. The lowest BCUT2D eigenvalue weighted by atomic mass is 9.95. The molecule has 0 N–H and O–H groups in total. The van der Waals surface area contributed by atoms with E-state index in [-0.39, 0.29) is 11.7 Å². The van der Waals surface area contributed by atoms with Crippen LogP contribution in [0.25, 0.3) is 11.1 Å². The maximum Gasteiger partial charge on any atom is 0.226 e. The second-order valence-electron chi connectivity index (χ2n) is 7.68. The number of pyridine rings is 1. The number of amides is 1. The van der Waals surface area contributed by atoms with Crippen LogP contribution < -0.4 is 4.90 Å². The van der Waals surface area contributed by atoms with E-state index in [0.29, 0.717) is 30.5 Å². The lowest BCUT2D eigenvalue weighted by Crippen LogP contribution is -2.24. The minimum atomic E-state index is -0.504. The van der Waals surface area contributed by atoms with Crippen LogP contribution in [0, 0.1) is 19.8 Å². The maximum absolute atomic E-state index is 13.2. The molecule has 0 fully saturated rings. The Morgan fingerprint density at radius 3 is 2.32 bits per heavy atom. The molecule has 31 heavy (non-hydrogen) atoms. The number of nitrogens with zero attached hydrogens (tertiary/aromatic N) is 2. The predicted molar refractivity (Wildman–Crippen MR) is 122 cm³/mol. The molecule has 3 rings (SSSR count). The van der Waals surface area contributed by atoms with Crippen molar-refractivity contribution in [3.8, 4) is 11.1 Å². The summed E-state index contributed by atoms with van der Waals surface area (Å²) in [6.07, 6.45) is 1.34. The number of halogens is 1. The zero-order chi connectivity index (χ0) is 22.5. The standard InChI is InChI=1S/C26H27FN2O2/c1-5-26(31)29(4)22-11-6-20(7-12-22)23-13-8-21(16-17(23)2)24(30)14-9-19-10-15-25(27)28-18(19)3/h6-8,10-13,15-16H,5,9,14H2,1-4H3. The molecule has 0 saturated carbocycles. The second-order valence-corrected chi connectivity index (χ2v) is 7.68. The molecular formula is C26H27FN2O2. The van der Waals surface area contributed by atoms with Crippen molar-refractivity contribution in [2.24, 2.45) is 0 Å². The van der Waals surface area contributed by atoms with Gasteiger partial charge >= 0.3 is 0 Å². The van der Waals surface area contributed by atoms with Gasteiger partial charge in [0.25, 0.3) is 0 Å². The summed E-state index contributed by atoms with van der Waals surface area (Å²) in [6.45, 7) is 5.58.